The van der Waals surface area contributed by atoms with E-state index in [1.54, 1.807) is 6.92 Å². The molecule has 0 heterocycles. The molecule has 130 valence electrons. The first-order valence-corrected chi connectivity index (χ1v) is 8.39. The zero-order valence-corrected chi connectivity index (χ0v) is 14.3. The van der Waals surface area contributed by atoms with Gasteiger partial charge in [0.05, 0.1) is 0 Å². The molecule has 0 aromatic heterocycles. The number of hydrogen-bond acceptors (Lipinski definition) is 3. The molecule has 0 fully saturated rings. The van der Waals surface area contributed by atoms with Crippen molar-refractivity contribution in [3.63, 3.8) is 0 Å². The summed E-state index contributed by atoms with van der Waals surface area (Å²) < 4.78 is 5.49. The summed E-state index contributed by atoms with van der Waals surface area (Å²) in [6.07, 6.45) is -0.598. The predicted octanol–water partition coefficient (Wildman–Crippen LogP) is 3.73. The summed E-state index contributed by atoms with van der Waals surface area (Å²) in [5.41, 5.74) is 4.58. The largest absolute Gasteiger partial charge is 0.480 e. The summed E-state index contributed by atoms with van der Waals surface area (Å²) >= 11 is 0. The molecule has 3 rings (SSSR count). The molecule has 2 aromatic carbocycles. The minimum Gasteiger partial charge on any atom is -0.480 e. The fourth-order valence-electron chi connectivity index (χ4n) is 3.37. The SMILES string of the molecule is CCN(C(=O)OCC1c2ccccc2-c2ccccc21)[C@@H](C)C(=O)O. The van der Waals surface area contributed by atoms with E-state index in [1.165, 1.54) is 11.8 Å². The fourth-order valence-corrected chi connectivity index (χ4v) is 3.37. The lowest BCUT2D eigenvalue weighted by Crippen LogP contribution is -2.43. The molecule has 0 spiro atoms. The van der Waals surface area contributed by atoms with Crippen LogP contribution >= 0.6 is 0 Å². The molecule has 1 aliphatic rings. The summed E-state index contributed by atoms with van der Waals surface area (Å²) in [6.45, 7) is 3.69. The second kappa shape index (κ2) is 6.97. The summed E-state index contributed by atoms with van der Waals surface area (Å²) in [5.74, 6) is -1.08. The van der Waals surface area contributed by atoms with Gasteiger partial charge < -0.3 is 9.84 Å². The van der Waals surface area contributed by atoms with Crippen molar-refractivity contribution in [2.24, 2.45) is 0 Å². The van der Waals surface area contributed by atoms with E-state index in [4.69, 9.17) is 9.84 Å². The van der Waals surface area contributed by atoms with E-state index in [0.29, 0.717) is 0 Å². The molecule has 1 amide bonds. The first-order valence-electron chi connectivity index (χ1n) is 8.39. The number of likely N-dealkylation sites (N-methyl/N-ethyl adjacent to an activating group) is 1. The lowest BCUT2D eigenvalue weighted by Gasteiger charge is -2.25. The Balaban J connectivity index is 1.79. The van der Waals surface area contributed by atoms with Crippen LogP contribution in [0.1, 0.15) is 30.9 Å². The molecular weight excluding hydrogens is 318 g/mol. The number of carboxylic acids is 1. The molecule has 0 saturated carbocycles. The molecule has 0 bridgehead atoms. The highest BCUT2D eigenvalue weighted by Gasteiger charge is 2.31. The number of rotatable bonds is 5. The van der Waals surface area contributed by atoms with Crippen molar-refractivity contribution in [3.05, 3.63) is 59.7 Å². The molecule has 25 heavy (non-hydrogen) atoms. The normalized spacial score (nSPS) is 13.7. The van der Waals surface area contributed by atoms with Crippen LogP contribution in [0.3, 0.4) is 0 Å². The van der Waals surface area contributed by atoms with Gasteiger partial charge in [0.15, 0.2) is 0 Å². The van der Waals surface area contributed by atoms with Crippen molar-refractivity contribution in [1.82, 2.24) is 4.90 Å². The lowest BCUT2D eigenvalue weighted by molar-refractivity contribution is -0.142. The quantitative estimate of drug-likeness (QED) is 0.901. The molecule has 0 unspecified atom stereocenters. The molecule has 2 aromatic rings. The molecule has 5 heteroatoms. The number of nitrogens with zero attached hydrogens (tertiary/aromatic N) is 1. The van der Waals surface area contributed by atoms with E-state index < -0.39 is 18.1 Å². The number of aliphatic carboxylic acids is 1. The maximum atomic E-state index is 12.3. The second-order valence-corrected chi connectivity index (χ2v) is 6.10. The number of fused-ring (bicyclic) bond motifs is 3. The second-order valence-electron chi connectivity index (χ2n) is 6.10. The Morgan fingerprint density at radius 1 is 1.08 bits per heavy atom. The number of hydrogen-bond donors (Lipinski definition) is 1. The average molecular weight is 339 g/mol. The van der Waals surface area contributed by atoms with Gasteiger partial charge in [0.2, 0.25) is 0 Å². The van der Waals surface area contributed by atoms with Gasteiger partial charge in [-0.3, -0.25) is 4.90 Å². The Morgan fingerprint density at radius 2 is 1.60 bits per heavy atom. The van der Waals surface area contributed by atoms with Gasteiger partial charge in [0, 0.05) is 12.5 Å². The van der Waals surface area contributed by atoms with Crippen LogP contribution in [0.25, 0.3) is 11.1 Å². The minimum atomic E-state index is -1.05. The van der Waals surface area contributed by atoms with Crippen molar-refractivity contribution < 1.29 is 19.4 Å². The van der Waals surface area contributed by atoms with E-state index in [9.17, 15) is 9.59 Å². The molecule has 0 saturated heterocycles. The number of ether oxygens (including phenoxy) is 1. The van der Waals surface area contributed by atoms with Crippen molar-refractivity contribution in [1.29, 1.82) is 0 Å². The molecular formula is C20H21NO4. The zero-order valence-electron chi connectivity index (χ0n) is 14.3. The molecule has 0 radical (unpaired) electrons. The first-order chi connectivity index (χ1) is 12.0. The Labute approximate surface area is 146 Å². The van der Waals surface area contributed by atoms with Crippen LogP contribution in [0.2, 0.25) is 0 Å². The van der Waals surface area contributed by atoms with Gasteiger partial charge in [-0.25, -0.2) is 9.59 Å². The maximum absolute atomic E-state index is 12.3. The summed E-state index contributed by atoms with van der Waals surface area (Å²) in [4.78, 5) is 24.7. The smallest absolute Gasteiger partial charge is 0.410 e. The highest BCUT2D eigenvalue weighted by atomic mass is 16.6. The van der Waals surface area contributed by atoms with Crippen LogP contribution in [0.15, 0.2) is 48.5 Å². The number of carboxylic acid groups (broad SMARTS) is 1. The lowest BCUT2D eigenvalue weighted by atomic mass is 9.98. The van der Waals surface area contributed by atoms with Gasteiger partial charge in [0.1, 0.15) is 12.6 Å². The average Bonchev–Trinajstić information content (AvgIpc) is 2.94. The van der Waals surface area contributed by atoms with Gasteiger partial charge >= 0.3 is 12.1 Å². The molecule has 1 N–H and O–H groups in total. The summed E-state index contributed by atoms with van der Waals surface area (Å²) in [5, 5.41) is 9.12. The van der Waals surface area contributed by atoms with Crippen LogP contribution < -0.4 is 0 Å². The number of carbonyl (C=O) groups is 2. The molecule has 1 aliphatic carbocycles. The maximum Gasteiger partial charge on any atom is 0.410 e. The third kappa shape index (κ3) is 3.09. The van der Waals surface area contributed by atoms with E-state index in [2.05, 4.69) is 12.1 Å². The first kappa shape index (κ1) is 17.0. The van der Waals surface area contributed by atoms with Crippen molar-refractivity contribution >= 4 is 12.1 Å². The van der Waals surface area contributed by atoms with Crippen molar-refractivity contribution in [2.75, 3.05) is 13.2 Å². The van der Waals surface area contributed by atoms with Crippen LogP contribution in [0, 0.1) is 0 Å². The number of carbonyl (C=O) groups excluding carboxylic acids is 1. The standard InChI is InChI=1S/C20H21NO4/c1-3-21(13(2)19(22)23)20(24)25-12-18-16-10-6-4-8-14(16)15-9-5-7-11-17(15)18/h4-11,13,18H,3,12H2,1-2H3,(H,22,23)/t13-/m0/s1. The highest BCUT2D eigenvalue weighted by Crippen LogP contribution is 2.44. The Morgan fingerprint density at radius 3 is 2.08 bits per heavy atom. The molecule has 1 atom stereocenters. The third-order valence-electron chi connectivity index (χ3n) is 4.74. The summed E-state index contributed by atoms with van der Waals surface area (Å²) in [7, 11) is 0. The van der Waals surface area contributed by atoms with Gasteiger partial charge in [-0.2, -0.15) is 0 Å². The number of benzene rings is 2. The molecule has 5 nitrogen and oxygen atoms in total. The zero-order chi connectivity index (χ0) is 18.0. The third-order valence-corrected chi connectivity index (χ3v) is 4.74. The van der Waals surface area contributed by atoms with Crippen LogP contribution in [0.4, 0.5) is 4.79 Å². The van der Waals surface area contributed by atoms with Crippen molar-refractivity contribution in [3.8, 4) is 11.1 Å². The van der Waals surface area contributed by atoms with E-state index in [1.807, 2.05) is 36.4 Å². The van der Waals surface area contributed by atoms with Gasteiger partial charge in [-0.05, 0) is 36.1 Å². The highest BCUT2D eigenvalue weighted by molar-refractivity contribution is 5.80. The van der Waals surface area contributed by atoms with Crippen LogP contribution in [-0.2, 0) is 9.53 Å². The summed E-state index contributed by atoms with van der Waals surface area (Å²) in [6, 6.07) is 15.3. The van der Waals surface area contributed by atoms with E-state index in [0.717, 1.165) is 22.3 Å². The van der Waals surface area contributed by atoms with E-state index >= 15 is 0 Å². The van der Waals surface area contributed by atoms with E-state index in [-0.39, 0.29) is 19.1 Å². The Bertz CT molecular complexity index is 756. The van der Waals surface area contributed by atoms with Crippen LogP contribution in [-0.4, -0.2) is 41.3 Å². The van der Waals surface area contributed by atoms with Gasteiger partial charge in [-0.15, -0.1) is 0 Å². The fraction of sp³-hybridized carbons (Fsp3) is 0.300. The number of amides is 1. The molecule has 0 aliphatic heterocycles. The topological polar surface area (TPSA) is 66.8 Å². The Hall–Kier alpha value is -2.82. The Kier molecular flexibility index (Phi) is 4.74. The van der Waals surface area contributed by atoms with Gasteiger partial charge in [0.25, 0.3) is 0 Å². The van der Waals surface area contributed by atoms with Crippen LogP contribution in [0.5, 0.6) is 0 Å². The van der Waals surface area contributed by atoms with Crippen molar-refractivity contribution in [2.45, 2.75) is 25.8 Å². The monoisotopic (exact) mass is 339 g/mol. The minimum absolute atomic E-state index is 0.0322. The van der Waals surface area contributed by atoms with Gasteiger partial charge in [-0.1, -0.05) is 48.5 Å². The predicted molar refractivity (Wildman–Crippen MR) is 94.5 cm³/mol.